The van der Waals surface area contributed by atoms with Crippen molar-refractivity contribution < 1.29 is 24.2 Å². The maximum atomic E-state index is 11.9. The van der Waals surface area contributed by atoms with Gasteiger partial charge >= 0.3 is 5.97 Å². The Labute approximate surface area is 129 Å². The van der Waals surface area contributed by atoms with Gasteiger partial charge in [0.1, 0.15) is 0 Å². The highest BCUT2D eigenvalue weighted by molar-refractivity contribution is 5.95. The highest BCUT2D eigenvalue weighted by atomic mass is 16.5. The number of aromatic carboxylic acids is 1. The van der Waals surface area contributed by atoms with Crippen LogP contribution in [-0.2, 0) is 9.47 Å². The van der Waals surface area contributed by atoms with E-state index in [2.05, 4.69) is 5.32 Å². The Bertz CT molecular complexity index is 494. The zero-order valence-electron chi connectivity index (χ0n) is 12.4. The first-order valence-electron chi connectivity index (χ1n) is 7.47. The highest BCUT2D eigenvalue weighted by Crippen LogP contribution is 2.10. The van der Waals surface area contributed by atoms with Crippen molar-refractivity contribution in [1.82, 2.24) is 5.32 Å². The topological polar surface area (TPSA) is 84.9 Å². The molecule has 22 heavy (non-hydrogen) atoms. The minimum absolute atomic E-state index is 0.168. The number of hydrogen-bond acceptors (Lipinski definition) is 4. The fourth-order valence-electron chi connectivity index (χ4n) is 2.23. The molecule has 0 spiro atoms. The first-order chi connectivity index (χ1) is 10.7. The van der Waals surface area contributed by atoms with E-state index in [4.69, 9.17) is 14.6 Å². The van der Waals surface area contributed by atoms with Crippen LogP contribution >= 0.6 is 0 Å². The lowest BCUT2D eigenvalue weighted by molar-refractivity contribution is -0.0321. The number of amides is 1. The number of carboxylic acid groups (broad SMARTS) is 1. The second-order valence-electron chi connectivity index (χ2n) is 5.17. The zero-order chi connectivity index (χ0) is 15.8. The largest absolute Gasteiger partial charge is 0.478 e. The third-order valence-corrected chi connectivity index (χ3v) is 3.52. The molecule has 1 aliphatic heterocycles. The molecule has 1 saturated heterocycles. The predicted molar refractivity (Wildman–Crippen MR) is 80.1 cm³/mol. The number of carbonyl (C=O) groups is 2. The molecule has 0 bridgehead atoms. The Morgan fingerprint density at radius 1 is 1.18 bits per heavy atom. The van der Waals surface area contributed by atoms with Gasteiger partial charge in [0, 0.05) is 31.9 Å². The molecule has 0 aromatic heterocycles. The molecule has 0 unspecified atom stereocenters. The molecule has 1 aliphatic rings. The van der Waals surface area contributed by atoms with Crippen molar-refractivity contribution in [3.05, 3.63) is 35.4 Å². The fourth-order valence-corrected chi connectivity index (χ4v) is 2.23. The van der Waals surface area contributed by atoms with E-state index in [1.54, 1.807) is 0 Å². The first-order valence-corrected chi connectivity index (χ1v) is 7.47. The minimum atomic E-state index is -1.00. The van der Waals surface area contributed by atoms with Gasteiger partial charge in [-0.15, -0.1) is 0 Å². The third kappa shape index (κ3) is 5.13. The summed E-state index contributed by atoms with van der Waals surface area (Å²) in [5, 5.41) is 11.6. The minimum Gasteiger partial charge on any atom is -0.478 e. The summed E-state index contributed by atoms with van der Waals surface area (Å²) in [5.74, 6) is -1.21. The van der Waals surface area contributed by atoms with E-state index in [1.165, 1.54) is 24.3 Å². The van der Waals surface area contributed by atoms with E-state index < -0.39 is 5.97 Å². The lowest BCUT2D eigenvalue weighted by atomic mass is 10.1. The van der Waals surface area contributed by atoms with Crippen LogP contribution in [0, 0.1) is 0 Å². The van der Waals surface area contributed by atoms with Gasteiger partial charge in [-0.3, -0.25) is 4.79 Å². The summed E-state index contributed by atoms with van der Waals surface area (Å²) in [6.45, 7) is 2.66. The van der Waals surface area contributed by atoms with Crippen LogP contribution in [0.3, 0.4) is 0 Å². The number of rotatable bonds is 7. The van der Waals surface area contributed by atoms with E-state index >= 15 is 0 Å². The summed E-state index contributed by atoms with van der Waals surface area (Å²) >= 11 is 0. The Hall–Kier alpha value is -1.92. The molecule has 1 amide bonds. The van der Waals surface area contributed by atoms with Crippen molar-refractivity contribution in [2.45, 2.75) is 25.4 Å². The van der Waals surface area contributed by atoms with Gasteiger partial charge < -0.3 is 19.9 Å². The molecule has 1 aromatic rings. The van der Waals surface area contributed by atoms with Crippen LogP contribution in [0.1, 0.15) is 40.0 Å². The van der Waals surface area contributed by atoms with Crippen molar-refractivity contribution in [1.29, 1.82) is 0 Å². The van der Waals surface area contributed by atoms with Crippen LogP contribution in [-0.4, -0.2) is 49.5 Å². The second-order valence-corrected chi connectivity index (χ2v) is 5.17. The summed E-state index contributed by atoms with van der Waals surface area (Å²) in [5.41, 5.74) is 0.622. The Morgan fingerprint density at radius 3 is 2.45 bits per heavy atom. The lowest BCUT2D eigenvalue weighted by Crippen LogP contribution is -2.27. The average Bonchev–Trinajstić information content (AvgIpc) is 2.55. The Kier molecular flexibility index (Phi) is 6.36. The zero-order valence-corrected chi connectivity index (χ0v) is 12.4. The van der Waals surface area contributed by atoms with Crippen LogP contribution < -0.4 is 5.32 Å². The smallest absolute Gasteiger partial charge is 0.335 e. The SMILES string of the molecule is O=C(O)c1ccc(C(=O)NCCCOC2CCOCC2)cc1. The molecule has 2 rings (SSSR count). The van der Waals surface area contributed by atoms with Crippen molar-refractivity contribution in [3.63, 3.8) is 0 Å². The van der Waals surface area contributed by atoms with Crippen molar-refractivity contribution in [2.24, 2.45) is 0 Å². The molecule has 1 fully saturated rings. The fraction of sp³-hybridized carbons (Fsp3) is 0.500. The predicted octanol–water partition coefficient (Wildman–Crippen LogP) is 1.70. The number of ether oxygens (including phenoxy) is 2. The summed E-state index contributed by atoms with van der Waals surface area (Å²) in [6.07, 6.45) is 2.88. The van der Waals surface area contributed by atoms with E-state index in [0.717, 1.165) is 32.5 Å². The average molecular weight is 307 g/mol. The van der Waals surface area contributed by atoms with Gasteiger partial charge in [0.05, 0.1) is 11.7 Å². The Morgan fingerprint density at radius 2 is 1.82 bits per heavy atom. The van der Waals surface area contributed by atoms with Gasteiger partial charge in [-0.2, -0.15) is 0 Å². The number of carboxylic acids is 1. The number of benzene rings is 1. The van der Waals surface area contributed by atoms with Gasteiger partial charge in [-0.05, 0) is 43.5 Å². The standard InChI is InChI=1S/C16H21NO5/c18-15(12-2-4-13(5-3-12)16(19)20)17-8-1-9-22-14-6-10-21-11-7-14/h2-5,14H,1,6-11H2,(H,17,18)(H,19,20). The van der Waals surface area contributed by atoms with Gasteiger partial charge in [0.2, 0.25) is 0 Å². The monoisotopic (exact) mass is 307 g/mol. The van der Waals surface area contributed by atoms with Crippen molar-refractivity contribution in [3.8, 4) is 0 Å². The summed E-state index contributed by atoms with van der Waals surface area (Å²) in [6, 6.07) is 5.87. The molecule has 0 saturated carbocycles. The molecular formula is C16H21NO5. The summed E-state index contributed by atoms with van der Waals surface area (Å²) in [4.78, 5) is 22.6. The van der Waals surface area contributed by atoms with Crippen LogP contribution in [0.4, 0.5) is 0 Å². The number of nitrogens with one attached hydrogen (secondary N) is 1. The van der Waals surface area contributed by atoms with Gasteiger partial charge in [-0.1, -0.05) is 0 Å². The normalized spacial score (nSPS) is 15.5. The van der Waals surface area contributed by atoms with E-state index in [-0.39, 0.29) is 17.6 Å². The molecule has 2 N–H and O–H groups in total. The van der Waals surface area contributed by atoms with Crippen LogP contribution in [0.2, 0.25) is 0 Å². The van der Waals surface area contributed by atoms with Crippen molar-refractivity contribution >= 4 is 11.9 Å². The molecule has 0 aliphatic carbocycles. The summed E-state index contributed by atoms with van der Waals surface area (Å²) in [7, 11) is 0. The lowest BCUT2D eigenvalue weighted by Gasteiger charge is -2.22. The van der Waals surface area contributed by atoms with Gasteiger partial charge in [0.15, 0.2) is 0 Å². The third-order valence-electron chi connectivity index (χ3n) is 3.52. The summed E-state index contributed by atoms with van der Waals surface area (Å²) < 4.78 is 11.0. The molecular weight excluding hydrogens is 286 g/mol. The quantitative estimate of drug-likeness (QED) is 0.749. The Balaban J connectivity index is 1.63. The van der Waals surface area contributed by atoms with Crippen LogP contribution in [0.25, 0.3) is 0 Å². The molecule has 0 atom stereocenters. The highest BCUT2D eigenvalue weighted by Gasteiger charge is 2.13. The van der Waals surface area contributed by atoms with Gasteiger partial charge in [-0.25, -0.2) is 4.79 Å². The molecule has 1 heterocycles. The molecule has 0 radical (unpaired) electrons. The van der Waals surface area contributed by atoms with Crippen LogP contribution in [0.5, 0.6) is 0 Å². The number of hydrogen-bond donors (Lipinski definition) is 2. The molecule has 1 aromatic carbocycles. The molecule has 6 nitrogen and oxygen atoms in total. The van der Waals surface area contributed by atoms with Gasteiger partial charge in [0.25, 0.3) is 5.91 Å². The molecule has 120 valence electrons. The maximum Gasteiger partial charge on any atom is 0.335 e. The molecule has 6 heteroatoms. The van der Waals surface area contributed by atoms with Crippen LogP contribution in [0.15, 0.2) is 24.3 Å². The first kappa shape index (κ1) is 16.5. The van der Waals surface area contributed by atoms with E-state index in [9.17, 15) is 9.59 Å². The van der Waals surface area contributed by atoms with Crippen molar-refractivity contribution in [2.75, 3.05) is 26.4 Å². The number of carbonyl (C=O) groups excluding carboxylic acids is 1. The van der Waals surface area contributed by atoms with E-state index in [0.29, 0.717) is 18.7 Å². The maximum absolute atomic E-state index is 11.9. The van der Waals surface area contributed by atoms with E-state index in [1.807, 2.05) is 0 Å². The second kappa shape index (κ2) is 8.51.